The summed E-state index contributed by atoms with van der Waals surface area (Å²) in [4.78, 5) is 10.1. The number of phenolic OH excluding ortho intramolecular Hbond substituents is 1. The number of halogens is 3. The number of nitro groups is 1. The molecule has 0 saturated carbocycles. The highest BCUT2D eigenvalue weighted by molar-refractivity contribution is 6.31. The number of hydrogen-bond acceptors (Lipinski definition) is 4. The molecule has 23 heavy (non-hydrogen) atoms. The van der Waals surface area contributed by atoms with Crippen molar-refractivity contribution in [2.45, 2.75) is 6.61 Å². The lowest BCUT2D eigenvalue weighted by Crippen LogP contribution is -2.02. The monoisotopic (exact) mass is 341 g/mol. The average Bonchev–Trinajstić information content (AvgIpc) is 2.48. The van der Waals surface area contributed by atoms with Crippen LogP contribution in [-0.4, -0.2) is 16.6 Å². The van der Waals surface area contributed by atoms with Crippen molar-refractivity contribution in [3.63, 3.8) is 0 Å². The number of aromatic hydroxyl groups is 1. The minimum atomic E-state index is -2.98. The first-order chi connectivity index (χ1) is 10.9. The molecule has 0 amide bonds. The number of benzene rings is 2. The minimum absolute atomic E-state index is 0.0604. The van der Waals surface area contributed by atoms with Gasteiger partial charge in [-0.3, -0.25) is 10.1 Å². The molecule has 0 aliphatic carbocycles. The summed E-state index contributed by atoms with van der Waals surface area (Å²) in [5, 5.41) is 20.8. The van der Waals surface area contributed by atoms with Crippen LogP contribution in [0.5, 0.6) is 11.5 Å². The Morgan fingerprint density at radius 1 is 1.22 bits per heavy atom. The van der Waals surface area contributed by atoms with Gasteiger partial charge in [-0.2, -0.15) is 8.78 Å². The average molecular weight is 342 g/mol. The number of ether oxygens (including phenoxy) is 1. The van der Waals surface area contributed by atoms with E-state index in [1.54, 1.807) is 6.07 Å². The Bertz CT molecular complexity index is 765. The highest BCUT2D eigenvalue weighted by atomic mass is 35.5. The zero-order valence-corrected chi connectivity index (χ0v) is 12.2. The van der Waals surface area contributed by atoms with Gasteiger partial charge in [-0.15, -0.1) is 0 Å². The second kappa shape index (κ2) is 7.06. The molecule has 2 aromatic carbocycles. The predicted octanol–water partition coefficient (Wildman–Crippen LogP) is 4.73. The van der Waals surface area contributed by atoms with Gasteiger partial charge in [0.1, 0.15) is 5.75 Å². The summed E-state index contributed by atoms with van der Waals surface area (Å²) in [5.74, 6) is -0.627. The van der Waals surface area contributed by atoms with E-state index in [0.717, 1.165) is 6.07 Å². The van der Waals surface area contributed by atoms with Crippen molar-refractivity contribution in [1.29, 1.82) is 0 Å². The topological polar surface area (TPSA) is 72.6 Å². The van der Waals surface area contributed by atoms with Gasteiger partial charge in [0.15, 0.2) is 0 Å². The fourth-order valence-corrected chi connectivity index (χ4v) is 2.09. The Labute approximate surface area is 134 Å². The molecule has 0 aliphatic heterocycles. The van der Waals surface area contributed by atoms with Gasteiger partial charge in [0.25, 0.3) is 0 Å². The number of hydrogen-bond donors (Lipinski definition) is 1. The predicted molar refractivity (Wildman–Crippen MR) is 81.8 cm³/mol. The third-order valence-corrected chi connectivity index (χ3v) is 3.08. The van der Waals surface area contributed by atoms with Gasteiger partial charge in [-0.25, -0.2) is 0 Å². The van der Waals surface area contributed by atoms with Gasteiger partial charge in [-0.05, 0) is 12.1 Å². The minimum Gasteiger partial charge on any atom is -0.502 e. The van der Waals surface area contributed by atoms with Crippen LogP contribution in [0, 0.1) is 10.1 Å². The van der Waals surface area contributed by atoms with Crippen LogP contribution in [-0.2, 0) is 0 Å². The van der Waals surface area contributed by atoms with Crippen LogP contribution < -0.4 is 4.74 Å². The molecule has 2 rings (SSSR count). The van der Waals surface area contributed by atoms with Crippen molar-refractivity contribution in [2.24, 2.45) is 0 Å². The molecule has 8 heteroatoms. The van der Waals surface area contributed by atoms with Crippen molar-refractivity contribution in [1.82, 2.24) is 0 Å². The van der Waals surface area contributed by atoms with Crippen LogP contribution in [0.4, 0.5) is 14.5 Å². The molecule has 2 aromatic rings. The van der Waals surface area contributed by atoms with Crippen LogP contribution >= 0.6 is 11.6 Å². The third kappa shape index (κ3) is 4.17. The van der Waals surface area contributed by atoms with E-state index in [9.17, 15) is 24.0 Å². The summed E-state index contributed by atoms with van der Waals surface area (Å²) >= 11 is 5.77. The van der Waals surface area contributed by atoms with Gasteiger partial charge in [0.2, 0.25) is 5.75 Å². The molecule has 0 bridgehead atoms. The third-order valence-electron chi connectivity index (χ3n) is 2.86. The first-order valence-corrected chi connectivity index (χ1v) is 6.65. The molecule has 0 unspecified atom stereocenters. The molecule has 0 fully saturated rings. The van der Waals surface area contributed by atoms with Gasteiger partial charge >= 0.3 is 12.3 Å². The van der Waals surface area contributed by atoms with Crippen molar-refractivity contribution < 1.29 is 23.5 Å². The van der Waals surface area contributed by atoms with Gasteiger partial charge in [0, 0.05) is 22.2 Å². The summed E-state index contributed by atoms with van der Waals surface area (Å²) < 4.78 is 29.1. The maximum atomic E-state index is 12.3. The Balaban J connectivity index is 2.40. The lowest BCUT2D eigenvalue weighted by molar-refractivity contribution is -0.385. The van der Waals surface area contributed by atoms with E-state index in [1.165, 1.54) is 36.4 Å². The summed E-state index contributed by atoms with van der Waals surface area (Å²) in [7, 11) is 0. The van der Waals surface area contributed by atoms with Crippen LogP contribution in [0.3, 0.4) is 0 Å². The Morgan fingerprint density at radius 2 is 1.87 bits per heavy atom. The van der Waals surface area contributed by atoms with Crippen molar-refractivity contribution >= 4 is 29.4 Å². The number of para-hydroxylation sites is 1. The normalized spacial score (nSPS) is 11.1. The number of nitro benzene ring substituents is 1. The number of nitrogens with zero attached hydrogens (tertiary/aromatic N) is 1. The Morgan fingerprint density at radius 3 is 2.52 bits per heavy atom. The summed E-state index contributed by atoms with van der Waals surface area (Å²) in [6.45, 7) is -2.98. The lowest BCUT2D eigenvalue weighted by atomic mass is 10.1. The van der Waals surface area contributed by atoms with Crippen molar-refractivity contribution in [3.8, 4) is 11.5 Å². The number of phenols is 1. The largest absolute Gasteiger partial charge is 0.502 e. The second-order valence-corrected chi connectivity index (χ2v) is 4.81. The standard InChI is InChI=1S/C15H10ClF2NO4/c16-11-7-10(14(20)12(8-11)19(21)22)6-5-9-3-1-2-4-13(9)23-15(17)18/h1-8,15,20H/b6-5+. The number of alkyl halides is 2. The Hall–Kier alpha value is -2.67. The molecule has 0 spiro atoms. The first kappa shape index (κ1) is 16.7. The maximum absolute atomic E-state index is 12.3. The van der Waals surface area contributed by atoms with Crippen molar-refractivity contribution in [3.05, 3.63) is 62.7 Å². The summed E-state index contributed by atoms with van der Waals surface area (Å²) in [6, 6.07) is 8.34. The van der Waals surface area contributed by atoms with Crippen LogP contribution in [0.1, 0.15) is 11.1 Å². The zero-order valence-electron chi connectivity index (χ0n) is 11.4. The molecule has 5 nitrogen and oxygen atoms in total. The Kier molecular flexibility index (Phi) is 5.13. The van der Waals surface area contributed by atoms with Gasteiger partial charge in [0.05, 0.1) is 4.92 Å². The lowest BCUT2D eigenvalue weighted by Gasteiger charge is -2.07. The molecular weight excluding hydrogens is 332 g/mol. The molecule has 0 heterocycles. The van der Waals surface area contributed by atoms with E-state index in [2.05, 4.69) is 4.74 Å². The van der Waals surface area contributed by atoms with E-state index < -0.39 is 23.0 Å². The zero-order chi connectivity index (χ0) is 17.0. The first-order valence-electron chi connectivity index (χ1n) is 6.27. The summed E-state index contributed by atoms with van der Waals surface area (Å²) in [6.07, 6.45) is 2.70. The van der Waals surface area contributed by atoms with Crippen LogP contribution in [0.15, 0.2) is 36.4 Å². The van der Waals surface area contributed by atoms with E-state index in [-0.39, 0.29) is 16.3 Å². The fraction of sp³-hybridized carbons (Fsp3) is 0.0667. The second-order valence-electron chi connectivity index (χ2n) is 4.37. The molecule has 0 radical (unpaired) electrons. The molecule has 1 N–H and O–H groups in total. The fourth-order valence-electron chi connectivity index (χ4n) is 1.87. The van der Waals surface area contributed by atoms with Gasteiger partial charge < -0.3 is 9.84 Å². The van der Waals surface area contributed by atoms with E-state index >= 15 is 0 Å². The molecule has 0 atom stereocenters. The SMILES string of the molecule is O=[N+]([O-])c1cc(Cl)cc(/C=C/c2ccccc2OC(F)F)c1O. The maximum Gasteiger partial charge on any atom is 0.387 e. The highest BCUT2D eigenvalue weighted by Gasteiger charge is 2.17. The van der Waals surface area contributed by atoms with E-state index in [0.29, 0.717) is 5.56 Å². The van der Waals surface area contributed by atoms with Crippen LogP contribution in [0.25, 0.3) is 12.2 Å². The molecule has 0 aliphatic rings. The van der Waals surface area contributed by atoms with Crippen LogP contribution in [0.2, 0.25) is 5.02 Å². The highest BCUT2D eigenvalue weighted by Crippen LogP contribution is 2.34. The van der Waals surface area contributed by atoms with Gasteiger partial charge in [-0.1, -0.05) is 42.0 Å². The smallest absolute Gasteiger partial charge is 0.387 e. The molecular formula is C15H10ClF2NO4. The molecule has 0 aromatic heterocycles. The molecule has 120 valence electrons. The van der Waals surface area contributed by atoms with E-state index in [4.69, 9.17) is 11.6 Å². The quantitative estimate of drug-likeness (QED) is 0.485. The number of rotatable bonds is 5. The van der Waals surface area contributed by atoms with E-state index in [1.807, 2.05) is 0 Å². The molecule has 0 saturated heterocycles. The summed E-state index contributed by atoms with van der Waals surface area (Å²) in [5.41, 5.74) is -0.153. The van der Waals surface area contributed by atoms with Crippen molar-refractivity contribution in [2.75, 3.05) is 0 Å².